The van der Waals surface area contributed by atoms with Crippen LogP contribution in [0.2, 0.25) is 0 Å². The van der Waals surface area contributed by atoms with Crippen LogP contribution >= 0.6 is 11.8 Å². The molecule has 11 heteroatoms. The minimum Gasteiger partial charge on any atom is -0.464 e. The van der Waals surface area contributed by atoms with Crippen molar-refractivity contribution in [3.63, 3.8) is 0 Å². The summed E-state index contributed by atoms with van der Waals surface area (Å²) < 4.78 is 19.0. The Kier molecular flexibility index (Phi) is 8.65. The number of hydrogen-bond acceptors (Lipinski definition) is 9. The lowest BCUT2D eigenvalue weighted by Crippen LogP contribution is -2.46. The van der Waals surface area contributed by atoms with E-state index in [2.05, 4.69) is 25.0 Å². The van der Waals surface area contributed by atoms with Gasteiger partial charge in [0.2, 0.25) is 5.82 Å². The Hall–Kier alpha value is -3.31. The summed E-state index contributed by atoms with van der Waals surface area (Å²) >= 11 is 1.70. The molecule has 0 unspecified atom stereocenters. The molecule has 2 aromatic heterocycles. The van der Waals surface area contributed by atoms with Crippen LogP contribution in [0.25, 0.3) is 0 Å². The lowest BCUT2D eigenvalue weighted by Gasteiger charge is -2.36. The second kappa shape index (κ2) is 12.1. The number of nitro groups is 1. The largest absolute Gasteiger partial charge is 0.464 e. The molecule has 0 atom stereocenters. The van der Waals surface area contributed by atoms with E-state index in [-0.39, 0.29) is 17.3 Å². The normalized spacial score (nSPS) is 13.9. The number of benzene rings is 1. The molecule has 4 rings (SSSR count). The first-order valence-electron chi connectivity index (χ1n) is 11.8. The van der Waals surface area contributed by atoms with Gasteiger partial charge >= 0.3 is 5.69 Å². The van der Waals surface area contributed by atoms with Crippen molar-refractivity contribution in [3.05, 3.63) is 76.0 Å². The Morgan fingerprint density at radius 3 is 2.44 bits per heavy atom. The number of aromatic nitrogens is 1. The van der Waals surface area contributed by atoms with Crippen LogP contribution in [0, 0.1) is 15.9 Å². The molecule has 0 aliphatic carbocycles. The van der Waals surface area contributed by atoms with Gasteiger partial charge in [0.05, 0.1) is 17.2 Å². The summed E-state index contributed by atoms with van der Waals surface area (Å²) in [6, 6.07) is 13.7. The van der Waals surface area contributed by atoms with E-state index >= 15 is 0 Å². The average molecular weight is 515 g/mol. The minimum absolute atomic E-state index is 0.0342. The highest BCUT2D eigenvalue weighted by molar-refractivity contribution is 7.98. The highest BCUT2D eigenvalue weighted by atomic mass is 32.2. The van der Waals surface area contributed by atoms with Crippen LogP contribution in [0.3, 0.4) is 0 Å². The lowest BCUT2D eigenvalue weighted by atomic mass is 10.2. The number of nitrogens with zero attached hydrogens (tertiary/aromatic N) is 5. The number of hydrogen-bond donors (Lipinski definition) is 1. The number of rotatable bonds is 11. The quantitative estimate of drug-likeness (QED) is 0.226. The number of pyridine rings is 1. The van der Waals surface area contributed by atoms with Gasteiger partial charge < -0.3 is 24.4 Å². The molecular weight excluding hydrogens is 483 g/mol. The van der Waals surface area contributed by atoms with E-state index in [0.29, 0.717) is 12.4 Å². The van der Waals surface area contributed by atoms with Gasteiger partial charge in [-0.1, -0.05) is 0 Å². The second-order valence-electron chi connectivity index (χ2n) is 8.83. The Bertz CT molecular complexity index is 1150. The van der Waals surface area contributed by atoms with Gasteiger partial charge in [-0.3, -0.25) is 10.1 Å². The minimum atomic E-state index is -0.409. The Morgan fingerprint density at radius 2 is 1.75 bits per heavy atom. The highest BCUT2D eigenvalue weighted by Gasteiger charge is 2.22. The number of thioether (sulfide) groups is 1. The molecule has 192 valence electrons. The average Bonchev–Trinajstić information content (AvgIpc) is 3.30. The Labute approximate surface area is 214 Å². The fourth-order valence-corrected chi connectivity index (χ4v) is 4.80. The van der Waals surface area contributed by atoms with Crippen molar-refractivity contribution in [2.45, 2.75) is 12.3 Å². The van der Waals surface area contributed by atoms with Crippen molar-refractivity contribution in [2.24, 2.45) is 0 Å². The van der Waals surface area contributed by atoms with Gasteiger partial charge in [0, 0.05) is 50.2 Å². The van der Waals surface area contributed by atoms with Crippen LogP contribution in [0.15, 0.2) is 52.9 Å². The molecule has 0 radical (unpaired) electrons. The van der Waals surface area contributed by atoms with Crippen LogP contribution in [-0.2, 0) is 12.3 Å². The van der Waals surface area contributed by atoms with Gasteiger partial charge in [0.15, 0.2) is 0 Å². The van der Waals surface area contributed by atoms with Crippen molar-refractivity contribution in [1.82, 2.24) is 9.88 Å². The summed E-state index contributed by atoms with van der Waals surface area (Å²) in [7, 11) is 4.00. The molecule has 1 aromatic carbocycles. The molecule has 1 aliphatic rings. The molecule has 36 heavy (non-hydrogen) atoms. The van der Waals surface area contributed by atoms with Gasteiger partial charge in [-0.15, -0.1) is 0 Å². The zero-order valence-electron chi connectivity index (χ0n) is 20.5. The summed E-state index contributed by atoms with van der Waals surface area (Å²) in [4.78, 5) is 22.1. The first kappa shape index (κ1) is 25.8. The molecule has 1 saturated heterocycles. The number of anilines is 3. The van der Waals surface area contributed by atoms with Crippen LogP contribution in [0.1, 0.15) is 11.5 Å². The van der Waals surface area contributed by atoms with Gasteiger partial charge in [-0.05, 0) is 56.6 Å². The predicted octanol–water partition coefficient (Wildman–Crippen LogP) is 4.46. The lowest BCUT2D eigenvalue weighted by molar-refractivity contribution is -0.384. The maximum absolute atomic E-state index is 13.2. The SMILES string of the molecule is CN(C)Cc1ccc(CSCCNc2nc(N3CCN(c4ccc(F)cc4)CC3)ccc2[N+](=O)[O-])o1. The molecular formula is C25H31FN6O3S. The van der Waals surface area contributed by atoms with E-state index < -0.39 is 4.92 Å². The van der Waals surface area contributed by atoms with Crippen LogP contribution in [-0.4, -0.2) is 67.4 Å². The number of furan rings is 1. The van der Waals surface area contributed by atoms with E-state index in [1.165, 1.54) is 18.2 Å². The zero-order valence-corrected chi connectivity index (χ0v) is 21.3. The predicted molar refractivity (Wildman–Crippen MR) is 142 cm³/mol. The number of halogens is 1. The maximum Gasteiger partial charge on any atom is 0.311 e. The molecule has 3 heterocycles. The monoisotopic (exact) mass is 514 g/mol. The summed E-state index contributed by atoms with van der Waals surface area (Å²) in [6.07, 6.45) is 0. The standard InChI is InChI=1S/C25H31FN6O3S/c1-29(2)17-21-7-8-22(35-21)18-36-16-11-27-25-23(32(33)34)9-10-24(28-25)31-14-12-30(13-15-31)20-5-3-19(26)4-6-20/h3-10H,11-18H2,1-2H3,(H,27,28). The van der Waals surface area contributed by atoms with Crippen LogP contribution in [0.5, 0.6) is 0 Å². The van der Waals surface area contributed by atoms with Crippen molar-refractivity contribution in [3.8, 4) is 0 Å². The Morgan fingerprint density at radius 1 is 1.06 bits per heavy atom. The van der Waals surface area contributed by atoms with Crippen molar-refractivity contribution in [1.29, 1.82) is 0 Å². The molecule has 0 amide bonds. The van der Waals surface area contributed by atoms with Gasteiger partial charge in [-0.2, -0.15) is 11.8 Å². The molecule has 3 aromatic rings. The molecule has 1 aliphatic heterocycles. The summed E-state index contributed by atoms with van der Waals surface area (Å²) in [5.74, 6) is 4.09. The van der Waals surface area contributed by atoms with Crippen molar-refractivity contribution in [2.75, 3.05) is 67.7 Å². The third kappa shape index (κ3) is 6.88. The van der Waals surface area contributed by atoms with Gasteiger partial charge in [-0.25, -0.2) is 9.37 Å². The molecule has 0 bridgehead atoms. The number of piperazine rings is 1. The molecule has 0 spiro atoms. The van der Waals surface area contributed by atoms with E-state index in [1.807, 2.05) is 26.2 Å². The smallest absolute Gasteiger partial charge is 0.311 e. The maximum atomic E-state index is 13.2. The molecule has 1 fully saturated rings. The number of nitrogens with one attached hydrogen (secondary N) is 1. The fraction of sp³-hybridized carbons (Fsp3) is 0.400. The Balaban J connectivity index is 1.29. The van der Waals surface area contributed by atoms with Crippen molar-refractivity contribution < 1.29 is 13.7 Å². The summed E-state index contributed by atoms with van der Waals surface area (Å²) in [6.45, 7) is 4.26. The highest BCUT2D eigenvalue weighted by Crippen LogP contribution is 2.27. The molecule has 0 saturated carbocycles. The summed E-state index contributed by atoms with van der Waals surface area (Å²) in [5.41, 5.74) is 0.948. The third-order valence-electron chi connectivity index (χ3n) is 5.82. The second-order valence-corrected chi connectivity index (χ2v) is 9.94. The van der Waals surface area contributed by atoms with Crippen LogP contribution < -0.4 is 15.1 Å². The van der Waals surface area contributed by atoms with Gasteiger partial charge in [0.25, 0.3) is 0 Å². The first-order chi connectivity index (χ1) is 17.4. The van der Waals surface area contributed by atoms with E-state index in [9.17, 15) is 14.5 Å². The third-order valence-corrected chi connectivity index (χ3v) is 6.81. The zero-order chi connectivity index (χ0) is 25.5. The molecule has 9 nitrogen and oxygen atoms in total. The van der Waals surface area contributed by atoms with Crippen LogP contribution in [0.4, 0.5) is 27.4 Å². The van der Waals surface area contributed by atoms with E-state index in [4.69, 9.17) is 4.42 Å². The van der Waals surface area contributed by atoms with Gasteiger partial charge in [0.1, 0.15) is 23.2 Å². The fourth-order valence-electron chi connectivity index (χ4n) is 4.05. The first-order valence-corrected chi connectivity index (χ1v) is 13.0. The van der Waals surface area contributed by atoms with E-state index in [0.717, 1.165) is 61.4 Å². The summed E-state index contributed by atoms with van der Waals surface area (Å²) in [5, 5.41) is 14.7. The van der Waals surface area contributed by atoms with E-state index in [1.54, 1.807) is 30.0 Å². The van der Waals surface area contributed by atoms with Crippen molar-refractivity contribution >= 4 is 34.8 Å². The molecule has 1 N–H and O–H groups in total. The topological polar surface area (TPSA) is 90.9 Å².